The van der Waals surface area contributed by atoms with E-state index in [1.54, 1.807) is 89.8 Å². The second-order valence-corrected chi connectivity index (χ2v) is 45.6. The number of allylic oxidation sites excluding steroid dienone is 2. The number of nitrogens with two attached hydrogens (primary N) is 1. The molecule has 3 aromatic carbocycles. The number of phosphoric ester groups is 1. The lowest BCUT2D eigenvalue weighted by Crippen LogP contribution is -2.54. The molecule has 2 aliphatic heterocycles. The van der Waals surface area contributed by atoms with Gasteiger partial charge in [0.1, 0.15) is 29.6 Å². The van der Waals surface area contributed by atoms with Crippen molar-refractivity contribution in [2.45, 2.75) is 471 Å². The van der Waals surface area contributed by atoms with Crippen LogP contribution in [0.15, 0.2) is 115 Å². The Morgan fingerprint density at radius 3 is 1.23 bits per heavy atom. The third-order valence-electron chi connectivity index (χ3n) is 23.8. The third-order valence-corrected chi connectivity index (χ3v) is 28.1. The van der Waals surface area contributed by atoms with Gasteiger partial charge in [0.05, 0.1) is 119 Å². The second-order valence-electron chi connectivity index (χ2n) is 38.9. The molecule has 2 heterocycles. The van der Waals surface area contributed by atoms with Crippen molar-refractivity contribution in [3.05, 3.63) is 132 Å². The number of hydrogen-bond acceptors (Lipinski definition) is 25. The first-order chi connectivity index (χ1) is 69.5. The van der Waals surface area contributed by atoms with E-state index in [1.807, 2.05) is 99.6 Å². The minimum absolute atomic E-state index is 0.0746. The summed E-state index contributed by atoms with van der Waals surface area (Å²) in [6, 6.07) is 23.3. The molecule has 2 aliphatic rings. The lowest BCUT2D eigenvalue weighted by atomic mass is 10.0. The van der Waals surface area contributed by atoms with Crippen LogP contribution in [0.5, 0.6) is 0 Å². The average Bonchev–Trinajstić information content (AvgIpc) is 1.63. The molecule has 4 unspecified atom stereocenters. The molecule has 145 heavy (non-hydrogen) atoms. The predicted octanol–water partition coefficient (Wildman–Crippen LogP) is 26.7. The third kappa shape index (κ3) is 71.5. The first-order valence-corrected chi connectivity index (χ1v) is 60.9. The summed E-state index contributed by atoms with van der Waals surface area (Å²) in [6.45, 7) is 29.6. The minimum Gasteiger partial charge on any atom is -0.457 e. The summed E-state index contributed by atoms with van der Waals surface area (Å²) in [5, 5.41) is 38.0. The molecule has 0 spiro atoms. The van der Waals surface area contributed by atoms with Gasteiger partial charge in [0.25, 0.3) is 0 Å². The number of ether oxygens (including phenoxy) is 5. The molecule has 34 heteroatoms. The van der Waals surface area contributed by atoms with Gasteiger partial charge in [-0.15, -0.1) is 0 Å². The first-order valence-electron chi connectivity index (χ1n) is 54.7. The summed E-state index contributed by atoms with van der Waals surface area (Å²) < 4.78 is 89.3. The molecule has 9 N–H and O–H groups in total. The van der Waals surface area contributed by atoms with Crippen LogP contribution in [0.2, 0.25) is 0 Å². The highest BCUT2D eigenvalue weighted by molar-refractivity contribution is 9.39. The zero-order valence-electron chi connectivity index (χ0n) is 91.2. The molecular formula is C111H193BrN5O25P3. The number of benzene rings is 3. The van der Waals surface area contributed by atoms with E-state index < -0.39 is 119 Å². The Balaban J connectivity index is 0.000000926. The van der Waals surface area contributed by atoms with Crippen LogP contribution in [-0.4, -0.2) is 198 Å². The molecule has 12 atom stereocenters. The molecule has 0 saturated carbocycles. The number of phosphoric acid groups is 1. The fraction of sp³-hybridized carbons (Fsp3) is 0.739. The Morgan fingerprint density at radius 1 is 0.483 bits per heavy atom. The fourth-order valence-corrected chi connectivity index (χ4v) is 19.2. The van der Waals surface area contributed by atoms with Crippen LogP contribution < -0.4 is 21.7 Å². The topological polar surface area (TPSA) is 411 Å². The number of esters is 3. The number of rotatable bonds is 76. The highest BCUT2D eigenvalue weighted by atomic mass is 79.9. The summed E-state index contributed by atoms with van der Waals surface area (Å²) in [5.74, 6) is -1.99. The van der Waals surface area contributed by atoms with Crippen LogP contribution in [-0.2, 0) is 78.9 Å². The van der Waals surface area contributed by atoms with Crippen molar-refractivity contribution < 1.29 is 118 Å². The summed E-state index contributed by atoms with van der Waals surface area (Å²) in [6.07, 6.45) is 52.5. The SMILES string of the molecule is CCCC(OC(=O)c1ccccc1)[C@@H](N)CO.CCCC(OC(=O)c1ccccc1)[C@@H]1COC(C)(C)N1C(=O)OC(C)(C)C.CCCCCCCCCCCCC/C=C/[C@@H](O)[C@H](COP(=O)(Br)OCCC)NC(C)=O.CCCCCCCCCCCCC/C=C/[C@@H](O)[C@H](COP1OCCO1)NC(C)=O.CCCCCCCCCCCCCCCC(=O)N[C@@H](COP(=O)(O)OCCC)[C@@H](CCC)OC(=O)c1ccccc1. The maximum Gasteiger partial charge on any atom is 0.472 e. The van der Waals surface area contributed by atoms with Gasteiger partial charge >= 0.3 is 46.7 Å². The zero-order chi connectivity index (χ0) is 108. The number of carbonyl (C=O) groups is 7. The summed E-state index contributed by atoms with van der Waals surface area (Å²) in [5.41, 5.74) is 5.62. The van der Waals surface area contributed by atoms with E-state index in [4.69, 9.17) is 66.2 Å². The molecule has 834 valence electrons. The Labute approximate surface area is 882 Å². The van der Waals surface area contributed by atoms with Crippen molar-refractivity contribution in [1.29, 1.82) is 0 Å². The van der Waals surface area contributed by atoms with Crippen molar-refractivity contribution in [1.82, 2.24) is 20.9 Å². The molecule has 5 rings (SSSR count). The largest absolute Gasteiger partial charge is 0.472 e. The highest BCUT2D eigenvalue weighted by Gasteiger charge is 2.50. The monoisotopic (exact) mass is 2170 g/mol. The number of unbranched alkanes of at least 4 members (excludes halogenated alkanes) is 34. The van der Waals surface area contributed by atoms with Crippen molar-refractivity contribution in [3.63, 3.8) is 0 Å². The number of aliphatic hydroxyl groups is 3. The summed E-state index contributed by atoms with van der Waals surface area (Å²) in [4.78, 5) is 97.2. The Bertz CT molecular complexity index is 3910. The molecule has 0 radical (unpaired) electrons. The number of nitrogens with zero attached hydrogens (tertiary/aromatic N) is 1. The Hall–Kier alpha value is -5.92. The lowest BCUT2D eigenvalue weighted by Gasteiger charge is -2.37. The van der Waals surface area contributed by atoms with Gasteiger partial charge in [-0.05, 0) is 135 Å². The van der Waals surface area contributed by atoms with Crippen LogP contribution in [0.4, 0.5) is 4.79 Å². The zero-order valence-corrected chi connectivity index (χ0v) is 95.5. The fourth-order valence-electron chi connectivity index (χ4n) is 15.8. The van der Waals surface area contributed by atoms with Crippen LogP contribution >= 0.6 is 38.2 Å². The van der Waals surface area contributed by atoms with Crippen LogP contribution in [0.25, 0.3) is 0 Å². The van der Waals surface area contributed by atoms with E-state index >= 15 is 0 Å². The van der Waals surface area contributed by atoms with E-state index in [2.05, 4.69) is 52.2 Å². The molecule has 0 aliphatic carbocycles. The molecule has 3 aromatic rings. The van der Waals surface area contributed by atoms with Gasteiger partial charge in [0, 0.05) is 35.8 Å². The van der Waals surface area contributed by atoms with Crippen molar-refractivity contribution >= 4 is 79.9 Å². The van der Waals surface area contributed by atoms with E-state index in [1.165, 1.54) is 206 Å². The standard InChI is InChI=1S/C32H56NO7P.C23H45BrNO5P.C22H42NO5P.C21H31NO5.C13H19NO3/c1-4-7-8-9-10-11-12-13-14-15-16-17-21-25-31(34)33-29(27-39-41(36,37)38-26-6-3)30(22-5-2)40-32(35)28-23-19-18-20-24-28;1-4-6-7-8-9-10-11-12-13-14-15-16-17-18-23(27)22(25-21(3)26)20-30-31(24,28)29-19-5-2;1-3-4-5-6-7-8-9-10-11-12-13-14-15-16-22(25)21(23-20(2)24)19-28-29-26-17-18-27-29;1-7-11-17(26-18(23)15-12-9-8-10-13-15)16-14-25-21(5,6)22(16)19(24)27-20(2,3)4;1-2-6-12(11(14)9-15)17-13(16)10-7-4-3-5-8-10/h18-20,23-24,29-30H,4-17,21-22,25-27H2,1-3H3,(H,33,34)(H,36,37);17-18,22-23,27H,4-16,19-20H2,1-3H3,(H,25,26);15-16,21-22,25H,3-14,17-19H2,1-2H3,(H,23,24);8-10,12-13,16-17H,7,11,14H2,1-6H3;3-5,7-8,11-12,15H,2,6,9,14H2,1H3/b;18-17+;16-15+;;/t29-,30+;22-,23+,31?;21-,22+;16-,17?;11-,12?/m00000/s1. The van der Waals surface area contributed by atoms with E-state index in [-0.39, 0.29) is 50.8 Å². The normalized spacial score (nSPS) is 16.2. The summed E-state index contributed by atoms with van der Waals surface area (Å²) in [7, 11) is -5.65. The van der Waals surface area contributed by atoms with E-state index in [9.17, 15) is 57.8 Å². The molecule has 2 fully saturated rings. The van der Waals surface area contributed by atoms with Gasteiger partial charge in [0.2, 0.25) is 17.7 Å². The molecule has 0 bridgehead atoms. The maximum atomic E-state index is 12.8. The summed E-state index contributed by atoms with van der Waals surface area (Å²) >= 11 is 2.94. The number of amides is 4. The number of nitrogens with one attached hydrogen (secondary N) is 3. The second kappa shape index (κ2) is 86.6. The van der Waals surface area contributed by atoms with Crippen molar-refractivity contribution in [3.8, 4) is 0 Å². The maximum absolute atomic E-state index is 12.8. The number of carbonyl (C=O) groups excluding carboxylic acids is 7. The van der Waals surface area contributed by atoms with Crippen molar-refractivity contribution in [2.75, 3.05) is 59.5 Å². The van der Waals surface area contributed by atoms with E-state index in [0.717, 1.165) is 57.8 Å². The van der Waals surface area contributed by atoms with Gasteiger partial charge in [-0.2, -0.15) is 0 Å². The Kier molecular flexibility index (Phi) is 81.9. The average molecular weight is 2170 g/mol. The minimum atomic E-state index is -4.30. The molecule has 4 amide bonds. The quantitative estimate of drug-likeness (QED) is 0.00855. The van der Waals surface area contributed by atoms with Gasteiger partial charge in [-0.25, -0.2) is 28.3 Å². The van der Waals surface area contributed by atoms with Gasteiger partial charge in [-0.1, -0.05) is 359 Å². The van der Waals surface area contributed by atoms with Crippen LogP contribution in [0.3, 0.4) is 0 Å². The number of hydrogen-bond donors (Lipinski definition) is 8. The number of aliphatic hydroxyl groups excluding tert-OH is 3. The van der Waals surface area contributed by atoms with Gasteiger partial charge < -0.3 is 83.7 Å². The predicted molar refractivity (Wildman–Crippen MR) is 584 cm³/mol. The molecule has 0 aromatic heterocycles. The first kappa shape index (κ1) is 137. The van der Waals surface area contributed by atoms with Crippen molar-refractivity contribution in [2.24, 2.45) is 5.73 Å². The van der Waals surface area contributed by atoms with Crippen LogP contribution in [0.1, 0.15) is 430 Å². The Morgan fingerprint density at radius 2 is 0.848 bits per heavy atom. The lowest BCUT2D eigenvalue weighted by molar-refractivity contribution is -0.123. The molecule has 30 nitrogen and oxygen atoms in total. The smallest absolute Gasteiger partial charge is 0.457 e. The van der Waals surface area contributed by atoms with E-state index in [0.29, 0.717) is 88.1 Å². The van der Waals surface area contributed by atoms with Crippen LogP contribution in [0, 0.1) is 0 Å². The van der Waals surface area contributed by atoms with Gasteiger partial charge in [-0.3, -0.25) is 32.9 Å². The van der Waals surface area contributed by atoms with Gasteiger partial charge in [0.15, 0.2) is 0 Å². The molecule has 2 saturated heterocycles. The molecular weight excluding hydrogens is 1980 g/mol. The number of halogens is 1. The highest BCUT2D eigenvalue weighted by Crippen LogP contribution is 2.56.